The van der Waals surface area contributed by atoms with E-state index in [1.54, 1.807) is 17.9 Å². The molecule has 0 bridgehead atoms. The standard InChI is InChI=1S/C24H31ClN2O6/c1-4-27(5-2)21(30)15-32-26-17-12-10-8-6-7-9-11-16(3)33-24(31)22-18(13-17)23(25)20(29)14-19(22)28/h7,9-10,12,14,16,28-29H,4-6,8,11,13,15H2,1-3H3/t16-/m1/s1. The van der Waals surface area contributed by atoms with Crippen molar-refractivity contribution in [3.8, 4) is 11.5 Å². The maximum absolute atomic E-state index is 12.8. The third-order valence-electron chi connectivity index (χ3n) is 5.12. The molecule has 1 heterocycles. The Labute approximate surface area is 199 Å². The molecule has 1 atom stereocenters. The second kappa shape index (κ2) is 12.9. The molecule has 1 aliphatic rings. The van der Waals surface area contributed by atoms with E-state index in [1.807, 2.05) is 32.1 Å². The summed E-state index contributed by atoms with van der Waals surface area (Å²) in [7, 11) is 0. The zero-order valence-corrected chi connectivity index (χ0v) is 20.0. The van der Waals surface area contributed by atoms with E-state index in [1.165, 1.54) is 0 Å². The summed E-state index contributed by atoms with van der Waals surface area (Å²) in [6, 6.07) is 1.00. The molecule has 2 N–H and O–H groups in total. The molecule has 1 aromatic carbocycles. The highest BCUT2D eigenvalue weighted by Crippen LogP contribution is 2.37. The number of fused-ring (bicyclic) bond motifs is 1. The van der Waals surface area contributed by atoms with Crippen molar-refractivity contribution in [3.63, 3.8) is 0 Å². The minimum Gasteiger partial charge on any atom is -0.507 e. The number of carbonyl (C=O) groups excluding carboxylic acids is 2. The first-order valence-electron chi connectivity index (χ1n) is 11.0. The number of hydrogen-bond donors (Lipinski definition) is 2. The zero-order valence-electron chi connectivity index (χ0n) is 19.2. The van der Waals surface area contributed by atoms with Crippen LogP contribution in [0.4, 0.5) is 0 Å². The molecule has 0 saturated heterocycles. The van der Waals surface area contributed by atoms with Gasteiger partial charge in [0.2, 0.25) is 0 Å². The SMILES string of the molecule is CCN(CC)C(=O)CON=C1C=CCCC=CC[C@@H](C)OC(=O)c2c(O)cc(O)c(Cl)c2C1. The Bertz CT molecular complexity index is 937. The van der Waals surface area contributed by atoms with Gasteiger partial charge in [0, 0.05) is 32.0 Å². The quantitative estimate of drug-likeness (QED) is 0.369. The fourth-order valence-corrected chi connectivity index (χ4v) is 3.54. The summed E-state index contributed by atoms with van der Waals surface area (Å²) in [5.41, 5.74) is 0.365. The molecule has 2 rings (SSSR count). The Kier molecular flexibility index (Phi) is 10.3. The molecule has 0 saturated carbocycles. The molecule has 1 aliphatic heterocycles. The first-order valence-corrected chi connectivity index (χ1v) is 11.4. The molecule has 0 radical (unpaired) electrons. The maximum atomic E-state index is 12.8. The normalized spacial score (nSPS) is 18.4. The number of ether oxygens (including phenoxy) is 1. The molecule has 180 valence electrons. The maximum Gasteiger partial charge on any atom is 0.342 e. The average Bonchev–Trinajstić information content (AvgIpc) is 2.76. The van der Waals surface area contributed by atoms with Crippen LogP contribution in [0.15, 0.2) is 35.5 Å². The predicted octanol–water partition coefficient (Wildman–Crippen LogP) is 4.38. The van der Waals surface area contributed by atoms with Crippen LogP contribution in [0.3, 0.4) is 0 Å². The molecule has 0 unspecified atom stereocenters. The number of amides is 1. The number of halogens is 1. The lowest BCUT2D eigenvalue weighted by Gasteiger charge is -2.18. The summed E-state index contributed by atoms with van der Waals surface area (Å²) in [5.74, 6) is -1.79. The fraction of sp³-hybridized carbons (Fsp3) is 0.458. The van der Waals surface area contributed by atoms with Crippen LogP contribution in [0.2, 0.25) is 5.02 Å². The smallest absolute Gasteiger partial charge is 0.342 e. The first-order chi connectivity index (χ1) is 15.8. The summed E-state index contributed by atoms with van der Waals surface area (Å²) in [5, 5.41) is 24.5. The van der Waals surface area contributed by atoms with Gasteiger partial charge in [-0.25, -0.2) is 4.79 Å². The monoisotopic (exact) mass is 478 g/mol. The van der Waals surface area contributed by atoms with Gasteiger partial charge in [0.05, 0.1) is 10.7 Å². The number of benzene rings is 1. The third-order valence-corrected chi connectivity index (χ3v) is 5.54. The van der Waals surface area contributed by atoms with Gasteiger partial charge in [-0.2, -0.15) is 0 Å². The number of esters is 1. The van der Waals surface area contributed by atoms with Gasteiger partial charge in [-0.05, 0) is 45.3 Å². The Hall–Kier alpha value is -3.00. The number of hydrogen-bond acceptors (Lipinski definition) is 7. The van der Waals surface area contributed by atoms with E-state index < -0.39 is 17.8 Å². The minimum atomic E-state index is -0.761. The number of rotatable bonds is 5. The van der Waals surface area contributed by atoms with E-state index in [4.69, 9.17) is 21.2 Å². The number of phenolic OH excluding ortho intramolecular Hbond substituents is 2. The number of cyclic esters (lactones) is 1. The second-order valence-corrected chi connectivity index (χ2v) is 7.96. The summed E-state index contributed by atoms with van der Waals surface area (Å²) in [6.45, 7) is 6.38. The molecular weight excluding hydrogens is 448 g/mol. The Morgan fingerprint density at radius 3 is 2.61 bits per heavy atom. The van der Waals surface area contributed by atoms with Gasteiger partial charge >= 0.3 is 5.97 Å². The fourth-order valence-electron chi connectivity index (χ4n) is 3.33. The van der Waals surface area contributed by atoms with Gasteiger partial charge in [0.1, 0.15) is 23.2 Å². The van der Waals surface area contributed by atoms with Gasteiger partial charge in [-0.3, -0.25) is 4.79 Å². The zero-order chi connectivity index (χ0) is 24.4. The summed E-state index contributed by atoms with van der Waals surface area (Å²) >= 11 is 6.30. The summed E-state index contributed by atoms with van der Waals surface area (Å²) in [4.78, 5) is 31.9. The Balaban J connectivity index is 2.42. The molecule has 0 aromatic heterocycles. The van der Waals surface area contributed by atoms with E-state index in [2.05, 4.69) is 5.16 Å². The highest BCUT2D eigenvalue weighted by atomic mass is 35.5. The van der Waals surface area contributed by atoms with Gasteiger partial charge < -0.3 is 24.7 Å². The van der Waals surface area contributed by atoms with Crippen molar-refractivity contribution in [2.24, 2.45) is 5.16 Å². The second-order valence-electron chi connectivity index (χ2n) is 7.58. The Morgan fingerprint density at radius 1 is 1.21 bits per heavy atom. The van der Waals surface area contributed by atoms with Crippen molar-refractivity contribution in [2.75, 3.05) is 19.7 Å². The summed E-state index contributed by atoms with van der Waals surface area (Å²) in [6.07, 6.45) is 9.10. The molecule has 9 heteroatoms. The van der Waals surface area contributed by atoms with Crippen LogP contribution in [0.1, 0.15) is 56.0 Å². The molecule has 1 aromatic rings. The van der Waals surface area contributed by atoms with Crippen LogP contribution in [0, 0.1) is 0 Å². The minimum absolute atomic E-state index is 0.0363. The highest BCUT2D eigenvalue weighted by Gasteiger charge is 2.25. The number of aromatic hydroxyl groups is 2. The number of allylic oxidation sites excluding steroid dienone is 3. The lowest BCUT2D eigenvalue weighted by molar-refractivity contribution is -0.135. The van der Waals surface area contributed by atoms with E-state index in [0.29, 0.717) is 25.2 Å². The number of phenols is 2. The lowest BCUT2D eigenvalue weighted by atomic mass is 9.99. The van der Waals surface area contributed by atoms with E-state index in [9.17, 15) is 19.8 Å². The van der Waals surface area contributed by atoms with Gasteiger partial charge in [-0.15, -0.1) is 0 Å². The van der Waals surface area contributed by atoms with Gasteiger partial charge in [-0.1, -0.05) is 35.0 Å². The van der Waals surface area contributed by atoms with Crippen molar-refractivity contribution >= 4 is 29.2 Å². The predicted molar refractivity (Wildman–Crippen MR) is 127 cm³/mol. The van der Waals surface area contributed by atoms with E-state index in [0.717, 1.165) is 18.9 Å². The van der Waals surface area contributed by atoms with Crippen LogP contribution in [-0.4, -0.2) is 58.5 Å². The number of likely N-dealkylation sites (N-methyl/N-ethyl adjacent to an activating group) is 1. The largest absolute Gasteiger partial charge is 0.507 e. The van der Waals surface area contributed by atoms with Crippen molar-refractivity contribution in [2.45, 2.75) is 52.6 Å². The van der Waals surface area contributed by atoms with Crippen LogP contribution in [0.25, 0.3) is 0 Å². The van der Waals surface area contributed by atoms with Crippen LogP contribution in [-0.2, 0) is 20.8 Å². The molecule has 0 spiro atoms. The molecule has 8 nitrogen and oxygen atoms in total. The van der Waals surface area contributed by atoms with Gasteiger partial charge in [0.25, 0.3) is 5.91 Å². The molecular formula is C24H31ClN2O6. The van der Waals surface area contributed by atoms with E-state index in [-0.39, 0.29) is 40.8 Å². The van der Waals surface area contributed by atoms with Gasteiger partial charge in [0.15, 0.2) is 6.61 Å². The lowest BCUT2D eigenvalue weighted by Crippen LogP contribution is -2.33. The Morgan fingerprint density at radius 2 is 1.91 bits per heavy atom. The number of carbonyl (C=O) groups is 2. The van der Waals surface area contributed by atoms with E-state index >= 15 is 0 Å². The van der Waals surface area contributed by atoms with Crippen molar-refractivity contribution < 1.29 is 29.4 Å². The topological polar surface area (TPSA) is 109 Å². The van der Waals surface area contributed by atoms with Crippen LogP contribution < -0.4 is 0 Å². The number of nitrogens with zero attached hydrogens (tertiary/aromatic N) is 2. The van der Waals surface area contributed by atoms with Crippen molar-refractivity contribution in [3.05, 3.63) is 46.5 Å². The third kappa shape index (κ3) is 7.53. The summed E-state index contributed by atoms with van der Waals surface area (Å²) < 4.78 is 5.47. The molecule has 33 heavy (non-hydrogen) atoms. The molecule has 0 fully saturated rings. The molecule has 1 amide bonds. The van der Waals surface area contributed by atoms with Crippen LogP contribution in [0.5, 0.6) is 11.5 Å². The number of oxime groups is 1. The average molecular weight is 479 g/mol. The highest BCUT2D eigenvalue weighted by molar-refractivity contribution is 6.33. The molecule has 0 aliphatic carbocycles. The van der Waals surface area contributed by atoms with Crippen LogP contribution >= 0.6 is 11.6 Å². The van der Waals surface area contributed by atoms with Crippen molar-refractivity contribution in [1.82, 2.24) is 4.90 Å². The van der Waals surface area contributed by atoms with Crippen molar-refractivity contribution in [1.29, 1.82) is 0 Å². The first kappa shape index (κ1) is 26.3.